The molecule has 0 aromatic heterocycles. The maximum Gasteiger partial charge on any atom is 0.381 e. The Kier molecular flexibility index (Phi) is 5.54. The van der Waals surface area contributed by atoms with E-state index in [0.29, 0.717) is 13.0 Å². The van der Waals surface area contributed by atoms with Crippen molar-refractivity contribution in [1.29, 1.82) is 0 Å². The zero-order valence-electron chi connectivity index (χ0n) is 7.26. The molecule has 3 nitrogen and oxygen atoms in total. The first-order valence-electron chi connectivity index (χ1n) is 3.68. The van der Waals surface area contributed by atoms with E-state index in [-0.39, 0.29) is 0 Å². The molecule has 0 aromatic rings. The van der Waals surface area contributed by atoms with Gasteiger partial charge in [-0.25, -0.2) is 4.79 Å². The fourth-order valence-electron chi connectivity index (χ4n) is 0.608. The maximum absolute atomic E-state index is 9.94. The van der Waals surface area contributed by atoms with Gasteiger partial charge in [-0.15, -0.1) is 0 Å². The second-order valence-corrected chi connectivity index (χ2v) is 2.06. The molecule has 0 saturated heterocycles. The molecule has 0 aliphatic heterocycles. The molecule has 0 spiro atoms. The van der Waals surface area contributed by atoms with E-state index in [9.17, 15) is 4.79 Å². The maximum atomic E-state index is 9.94. The minimum Gasteiger partial charge on any atom is -0.499 e. The molecule has 0 radical (unpaired) electrons. The van der Waals surface area contributed by atoms with Crippen molar-refractivity contribution in [3.05, 3.63) is 11.8 Å². The average molecular weight is 168 g/mol. The van der Waals surface area contributed by atoms with Gasteiger partial charge in [-0.1, -0.05) is 5.92 Å². The number of hydrogen-bond acceptors (Lipinski definition) is 2. The van der Waals surface area contributed by atoms with Crippen molar-refractivity contribution in [1.82, 2.24) is 0 Å². The summed E-state index contributed by atoms with van der Waals surface area (Å²) in [6, 6.07) is 0. The predicted octanol–water partition coefficient (Wildman–Crippen LogP) is 1.40. The van der Waals surface area contributed by atoms with E-state index in [0.717, 1.165) is 5.76 Å². The van der Waals surface area contributed by atoms with Gasteiger partial charge in [0.25, 0.3) is 0 Å². The molecule has 0 aromatic carbocycles. The number of ether oxygens (including phenoxy) is 1. The van der Waals surface area contributed by atoms with Crippen molar-refractivity contribution in [3.63, 3.8) is 0 Å². The van der Waals surface area contributed by atoms with Crippen LogP contribution in [0.15, 0.2) is 11.8 Å². The van der Waals surface area contributed by atoms with Gasteiger partial charge < -0.3 is 9.84 Å². The van der Waals surface area contributed by atoms with Crippen LogP contribution in [0.4, 0.5) is 0 Å². The standard InChI is InChI=1S/C9H12O3/c1-3-12-8(2)6-4-5-7-9(10)11/h6H,3-4H2,1-2H3,(H,10,11)/b8-6+. The van der Waals surface area contributed by atoms with E-state index in [2.05, 4.69) is 5.92 Å². The summed E-state index contributed by atoms with van der Waals surface area (Å²) in [5.74, 6) is 4.15. The van der Waals surface area contributed by atoms with Gasteiger partial charge in [-0.3, -0.25) is 0 Å². The molecular weight excluding hydrogens is 156 g/mol. The predicted molar refractivity (Wildman–Crippen MR) is 45.4 cm³/mol. The molecule has 0 amide bonds. The lowest BCUT2D eigenvalue weighted by Gasteiger charge is -1.99. The van der Waals surface area contributed by atoms with Crippen LogP contribution in [0.2, 0.25) is 0 Å². The van der Waals surface area contributed by atoms with E-state index >= 15 is 0 Å². The summed E-state index contributed by atoms with van der Waals surface area (Å²) in [6.45, 7) is 4.32. The molecule has 0 fully saturated rings. The summed E-state index contributed by atoms with van der Waals surface area (Å²) in [5.41, 5.74) is 0. The lowest BCUT2D eigenvalue weighted by atomic mass is 10.3. The van der Waals surface area contributed by atoms with E-state index in [1.165, 1.54) is 0 Å². The second kappa shape index (κ2) is 6.29. The Morgan fingerprint density at radius 3 is 2.83 bits per heavy atom. The van der Waals surface area contributed by atoms with E-state index < -0.39 is 5.97 Å². The number of carbonyl (C=O) groups is 1. The summed E-state index contributed by atoms with van der Waals surface area (Å²) in [7, 11) is 0. The van der Waals surface area contributed by atoms with Gasteiger partial charge in [0.05, 0.1) is 12.4 Å². The van der Waals surface area contributed by atoms with Crippen molar-refractivity contribution in [2.45, 2.75) is 20.3 Å². The topological polar surface area (TPSA) is 46.5 Å². The summed E-state index contributed by atoms with van der Waals surface area (Å²) < 4.78 is 5.09. The largest absolute Gasteiger partial charge is 0.499 e. The molecule has 0 aliphatic rings. The Morgan fingerprint density at radius 1 is 1.67 bits per heavy atom. The van der Waals surface area contributed by atoms with Crippen molar-refractivity contribution >= 4 is 5.97 Å². The van der Waals surface area contributed by atoms with Crippen molar-refractivity contribution in [2.75, 3.05) is 6.61 Å². The highest BCUT2D eigenvalue weighted by molar-refractivity contribution is 5.86. The third-order valence-corrected chi connectivity index (χ3v) is 1.06. The van der Waals surface area contributed by atoms with Gasteiger partial charge in [0.1, 0.15) is 0 Å². The third kappa shape index (κ3) is 6.69. The zero-order chi connectivity index (χ0) is 9.40. The number of hydrogen-bond donors (Lipinski definition) is 1. The molecule has 0 atom stereocenters. The monoisotopic (exact) mass is 168 g/mol. The van der Waals surface area contributed by atoms with Crippen LogP contribution in [0.5, 0.6) is 0 Å². The second-order valence-electron chi connectivity index (χ2n) is 2.06. The summed E-state index contributed by atoms with van der Waals surface area (Å²) in [4.78, 5) is 9.94. The van der Waals surface area contributed by atoms with Gasteiger partial charge in [0, 0.05) is 12.3 Å². The minimum atomic E-state index is -1.10. The Labute approximate surface area is 72.0 Å². The van der Waals surface area contributed by atoms with Gasteiger partial charge >= 0.3 is 5.97 Å². The summed E-state index contributed by atoms with van der Waals surface area (Å²) >= 11 is 0. The van der Waals surface area contributed by atoms with Crippen LogP contribution in [0.1, 0.15) is 20.3 Å². The lowest BCUT2D eigenvalue weighted by molar-refractivity contribution is -0.130. The highest BCUT2D eigenvalue weighted by atomic mass is 16.5. The summed E-state index contributed by atoms with van der Waals surface area (Å²) in [5, 5.41) is 8.16. The molecule has 1 N–H and O–H groups in total. The van der Waals surface area contributed by atoms with Crippen LogP contribution in [0, 0.1) is 11.8 Å². The van der Waals surface area contributed by atoms with Crippen LogP contribution in [-0.2, 0) is 9.53 Å². The highest BCUT2D eigenvalue weighted by Crippen LogP contribution is 1.95. The molecule has 0 bridgehead atoms. The highest BCUT2D eigenvalue weighted by Gasteiger charge is 1.85. The first-order chi connectivity index (χ1) is 5.66. The van der Waals surface area contributed by atoms with Crippen molar-refractivity contribution in [3.8, 4) is 11.8 Å². The van der Waals surface area contributed by atoms with Gasteiger partial charge in [-0.2, -0.15) is 0 Å². The lowest BCUT2D eigenvalue weighted by Crippen LogP contribution is -1.87. The van der Waals surface area contributed by atoms with Crippen LogP contribution in [-0.4, -0.2) is 17.7 Å². The fourth-order valence-corrected chi connectivity index (χ4v) is 0.608. The third-order valence-electron chi connectivity index (χ3n) is 1.06. The van der Waals surface area contributed by atoms with Gasteiger partial charge in [0.15, 0.2) is 0 Å². The smallest absolute Gasteiger partial charge is 0.381 e. The Morgan fingerprint density at radius 2 is 2.33 bits per heavy atom. The van der Waals surface area contributed by atoms with Crippen LogP contribution >= 0.6 is 0 Å². The Bertz CT molecular complexity index is 230. The first-order valence-corrected chi connectivity index (χ1v) is 3.68. The number of carboxylic acids is 1. The average Bonchev–Trinajstić information content (AvgIpc) is 1.98. The first kappa shape index (κ1) is 10.6. The molecule has 66 valence electrons. The van der Waals surface area contributed by atoms with Crippen molar-refractivity contribution < 1.29 is 14.6 Å². The van der Waals surface area contributed by atoms with E-state index in [4.69, 9.17) is 9.84 Å². The molecule has 0 rings (SSSR count). The van der Waals surface area contributed by atoms with Gasteiger partial charge in [-0.05, 0) is 19.9 Å². The molecule has 12 heavy (non-hydrogen) atoms. The number of carboxylic acid groups (broad SMARTS) is 1. The molecule has 0 heterocycles. The number of aliphatic carboxylic acids is 1. The number of allylic oxidation sites excluding steroid dienone is 2. The molecule has 0 saturated carbocycles. The zero-order valence-corrected chi connectivity index (χ0v) is 7.26. The van der Waals surface area contributed by atoms with Gasteiger partial charge in [0.2, 0.25) is 0 Å². The fraction of sp³-hybridized carbons (Fsp3) is 0.444. The quantitative estimate of drug-likeness (QED) is 0.512. The molecule has 0 unspecified atom stereocenters. The van der Waals surface area contributed by atoms with Crippen LogP contribution in [0.25, 0.3) is 0 Å². The Hall–Kier alpha value is -1.43. The molecule has 3 heteroatoms. The normalized spacial score (nSPS) is 10.0. The van der Waals surface area contributed by atoms with Crippen molar-refractivity contribution in [2.24, 2.45) is 0 Å². The van der Waals surface area contributed by atoms with E-state index in [1.807, 2.05) is 19.8 Å². The number of rotatable bonds is 3. The van der Waals surface area contributed by atoms with Crippen LogP contribution < -0.4 is 0 Å². The molecular formula is C9H12O3. The SMILES string of the molecule is CCO/C(C)=C/CC#CC(=O)O. The Balaban J connectivity index is 3.75. The molecule has 0 aliphatic carbocycles. The van der Waals surface area contributed by atoms with Crippen LogP contribution in [0.3, 0.4) is 0 Å². The minimum absolute atomic E-state index is 0.415. The van der Waals surface area contributed by atoms with E-state index in [1.54, 1.807) is 6.08 Å². The summed E-state index contributed by atoms with van der Waals surface area (Å²) in [6.07, 6.45) is 2.16.